The Kier molecular flexibility index (Phi) is 5.69. The van der Waals surface area contributed by atoms with Crippen LogP contribution in [0, 0.1) is 11.8 Å². The van der Waals surface area contributed by atoms with Crippen LogP contribution in [0.1, 0.15) is 25.3 Å². The van der Waals surface area contributed by atoms with Gasteiger partial charge in [-0.15, -0.1) is 0 Å². The molecule has 0 radical (unpaired) electrons. The van der Waals surface area contributed by atoms with Gasteiger partial charge in [0.05, 0.1) is 23.1 Å². The first-order valence-corrected chi connectivity index (χ1v) is 9.39. The molecule has 1 aliphatic rings. The van der Waals surface area contributed by atoms with Gasteiger partial charge in [-0.2, -0.15) is 0 Å². The van der Waals surface area contributed by atoms with Gasteiger partial charge in [-0.25, -0.2) is 8.42 Å². The number of rotatable bonds is 4. The van der Waals surface area contributed by atoms with E-state index in [9.17, 15) is 8.42 Å². The van der Waals surface area contributed by atoms with Crippen LogP contribution in [0.4, 0.5) is 0 Å². The van der Waals surface area contributed by atoms with E-state index in [1.54, 1.807) is 0 Å². The highest BCUT2D eigenvalue weighted by Gasteiger charge is 2.31. The molecule has 114 valence electrons. The van der Waals surface area contributed by atoms with Crippen molar-refractivity contribution in [2.75, 3.05) is 24.6 Å². The molecule has 0 spiro atoms. The van der Waals surface area contributed by atoms with E-state index in [0.717, 1.165) is 24.9 Å². The van der Waals surface area contributed by atoms with Gasteiger partial charge in [0.2, 0.25) is 0 Å². The van der Waals surface area contributed by atoms with Gasteiger partial charge in [-0.3, -0.25) is 4.90 Å². The molecule has 1 heterocycles. The number of hydrogen-bond donors (Lipinski definition) is 0. The standard InChI is InChI=1S/C16H20ClNO2S/c1-2-10-18(15-9-12-21(19,20)13-15)11-5-7-14-6-3-4-8-16(14)17/h3-4,6,8,15H,2,9-13H2,1H3/t15-/m1/s1. The Balaban J connectivity index is 2.03. The fourth-order valence-corrected chi connectivity index (χ4v) is 4.48. The minimum atomic E-state index is -2.85. The number of nitrogens with zero attached hydrogens (tertiary/aromatic N) is 1. The Morgan fingerprint density at radius 2 is 2.14 bits per heavy atom. The van der Waals surface area contributed by atoms with Crippen molar-refractivity contribution in [3.63, 3.8) is 0 Å². The SMILES string of the molecule is CCCN(CC#Cc1ccccc1Cl)[C@@H]1CCS(=O)(=O)C1. The molecule has 0 aliphatic carbocycles. The van der Waals surface area contributed by atoms with Gasteiger partial charge in [0.25, 0.3) is 0 Å². The molecule has 0 bridgehead atoms. The van der Waals surface area contributed by atoms with Crippen LogP contribution in [-0.2, 0) is 9.84 Å². The van der Waals surface area contributed by atoms with E-state index in [-0.39, 0.29) is 11.8 Å². The average molecular weight is 326 g/mol. The van der Waals surface area contributed by atoms with Crippen molar-refractivity contribution in [2.24, 2.45) is 0 Å². The number of benzene rings is 1. The summed E-state index contributed by atoms with van der Waals surface area (Å²) in [5, 5.41) is 0.649. The number of hydrogen-bond acceptors (Lipinski definition) is 3. The molecule has 2 rings (SSSR count). The summed E-state index contributed by atoms with van der Waals surface area (Å²) in [6.45, 7) is 3.55. The highest BCUT2D eigenvalue weighted by Crippen LogP contribution is 2.18. The quantitative estimate of drug-likeness (QED) is 0.799. The zero-order valence-corrected chi connectivity index (χ0v) is 13.8. The molecule has 0 unspecified atom stereocenters. The minimum absolute atomic E-state index is 0.107. The lowest BCUT2D eigenvalue weighted by Gasteiger charge is -2.25. The highest BCUT2D eigenvalue weighted by molar-refractivity contribution is 7.91. The molecule has 1 aliphatic heterocycles. The zero-order valence-electron chi connectivity index (χ0n) is 12.2. The molecule has 1 fully saturated rings. The van der Waals surface area contributed by atoms with Crippen molar-refractivity contribution in [3.8, 4) is 11.8 Å². The second kappa shape index (κ2) is 7.31. The van der Waals surface area contributed by atoms with Crippen LogP contribution in [0.5, 0.6) is 0 Å². The van der Waals surface area contributed by atoms with Crippen LogP contribution >= 0.6 is 11.6 Å². The second-order valence-electron chi connectivity index (χ2n) is 5.31. The van der Waals surface area contributed by atoms with E-state index in [4.69, 9.17) is 11.6 Å². The molecule has 1 atom stereocenters. The molecule has 0 amide bonds. The molecule has 0 aromatic heterocycles. The van der Waals surface area contributed by atoms with Crippen molar-refractivity contribution in [1.82, 2.24) is 4.90 Å². The van der Waals surface area contributed by atoms with E-state index in [1.807, 2.05) is 24.3 Å². The minimum Gasteiger partial charge on any atom is -0.288 e. The summed E-state index contributed by atoms with van der Waals surface area (Å²) in [6, 6.07) is 7.60. The third-order valence-electron chi connectivity index (χ3n) is 3.61. The average Bonchev–Trinajstić information content (AvgIpc) is 2.80. The largest absolute Gasteiger partial charge is 0.288 e. The maximum atomic E-state index is 11.6. The van der Waals surface area contributed by atoms with E-state index < -0.39 is 9.84 Å². The van der Waals surface area contributed by atoms with E-state index >= 15 is 0 Å². The Morgan fingerprint density at radius 3 is 2.76 bits per heavy atom. The molecule has 1 saturated heterocycles. The van der Waals surface area contributed by atoms with Crippen LogP contribution in [-0.4, -0.2) is 44.0 Å². The zero-order chi connectivity index (χ0) is 15.3. The van der Waals surface area contributed by atoms with Crippen molar-refractivity contribution in [1.29, 1.82) is 0 Å². The van der Waals surface area contributed by atoms with E-state index in [1.165, 1.54) is 0 Å². The van der Waals surface area contributed by atoms with E-state index in [0.29, 0.717) is 17.3 Å². The predicted octanol–water partition coefficient (Wildman–Crippen LogP) is 2.59. The van der Waals surface area contributed by atoms with Gasteiger partial charge in [-0.05, 0) is 31.5 Å². The molecule has 1 aromatic rings. The van der Waals surface area contributed by atoms with Crippen LogP contribution in [0.3, 0.4) is 0 Å². The fraction of sp³-hybridized carbons (Fsp3) is 0.500. The monoisotopic (exact) mass is 325 g/mol. The third kappa shape index (κ3) is 4.74. The summed E-state index contributed by atoms with van der Waals surface area (Å²) in [5.74, 6) is 6.77. The molecule has 5 heteroatoms. The second-order valence-corrected chi connectivity index (χ2v) is 7.94. The smallest absolute Gasteiger partial charge is 0.151 e. The van der Waals surface area contributed by atoms with Crippen LogP contribution in [0.25, 0.3) is 0 Å². The lowest BCUT2D eigenvalue weighted by atomic mass is 10.2. The van der Waals surface area contributed by atoms with Crippen molar-refractivity contribution in [3.05, 3.63) is 34.9 Å². The maximum absolute atomic E-state index is 11.6. The fourth-order valence-electron chi connectivity index (χ4n) is 2.54. The van der Waals surface area contributed by atoms with Crippen molar-refractivity contribution < 1.29 is 8.42 Å². The van der Waals surface area contributed by atoms with Crippen molar-refractivity contribution in [2.45, 2.75) is 25.8 Å². The van der Waals surface area contributed by atoms with Crippen LogP contribution in [0.2, 0.25) is 5.02 Å². The van der Waals surface area contributed by atoms with Crippen LogP contribution in [0.15, 0.2) is 24.3 Å². The Hall–Kier alpha value is -1.02. The topological polar surface area (TPSA) is 37.4 Å². The Labute approximate surface area is 132 Å². The maximum Gasteiger partial charge on any atom is 0.151 e. The first-order chi connectivity index (χ1) is 10.0. The molecule has 1 aromatic carbocycles. The Bertz CT molecular complexity index is 646. The molecule has 21 heavy (non-hydrogen) atoms. The summed E-state index contributed by atoms with van der Waals surface area (Å²) >= 11 is 6.07. The Morgan fingerprint density at radius 1 is 1.38 bits per heavy atom. The van der Waals surface area contributed by atoms with Gasteiger partial charge >= 0.3 is 0 Å². The third-order valence-corrected chi connectivity index (χ3v) is 5.69. The lowest BCUT2D eigenvalue weighted by molar-refractivity contribution is 0.239. The van der Waals surface area contributed by atoms with Gasteiger partial charge < -0.3 is 0 Å². The van der Waals surface area contributed by atoms with Gasteiger partial charge in [-0.1, -0.05) is 42.5 Å². The predicted molar refractivity (Wildman–Crippen MR) is 87.3 cm³/mol. The normalized spacial score (nSPS) is 20.2. The van der Waals surface area contributed by atoms with Gasteiger partial charge in [0, 0.05) is 11.6 Å². The van der Waals surface area contributed by atoms with Gasteiger partial charge in [0.1, 0.15) is 0 Å². The summed E-state index contributed by atoms with van der Waals surface area (Å²) < 4.78 is 23.2. The summed E-state index contributed by atoms with van der Waals surface area (Å²) in [4.78, 5) is 2.17. The molecular weight excluding hydrogens is 306 g/mol. The van der Waals surface area contributed by atoms with E-state index in [2.05, 4.69) is 23.7 Å². The highest BCUT2D eigenvalue weighted by atomic mass is 35.5. The number of sulfone groups is 1. The summed E-state index contributed by atoms with van der Waals surface area (Å²) in [6.07, 6.45) is 1.71. The van der Waals surface area contributed by atoms with Gasteiger partial charge in [0.15, 0.2) is 9.84 Å². The lowest BCUT2D eigenvalue weighted by Crippen LogP contribution is -2.37. The molecular formula is C16H20ClNO2S. The van der Waals surface area contributed by atoms with Crippen LogP contribution < -0.4 is 0 Å². The molecule has 0 saturated carbocycles. The first-order valence-electron chi connectivity index (χ1n) is 7.19. The summed E-state index contributed by atoms with van der Waals surface area (Å²) in [5.41, 5.74) is 0.814. The summed E-state index contributed by atoms with van der Waals surface area (Å²) in [7, 11) is -2.85. The first kappa shape index (κ1) is 16.4. The molecule has 3 nitrogen and oxygen atoms in total. The van der Waals surface area contributed by atoms with Crippen molar-refractivity contribution >= 4 is 21.4 Å². The molecule has 0 N–H and O–H groups in total. The number of halogens is 1.